The first kappa shape index (κ1) is 19.6. The Labute approximate surface area is 177 Å². The Morgan fingerprint density at radius 2 is 1.79 bits per heavy atom. The van der Waals surface area contributed by atoms with Crippen molar-refractivity contribution in [3.05, 3.63) is 16.0 Å². The van der Waals surface area contributed by atoms with Gasteiger partial charge in [-0.15, -0.1) is 11.3 Å². The largest absolute Gasteiger partial charge is 0.462 e. The second-order valence-electron chi connectivity index (χ2n) is 9.83. The molecular formula is C23H32N2O3S. The van der Waals surface area contributed by atoms with E-state index >= 15 is 0 Å². The minimum absolute atomic E-state index is 0.00582. The molecule has 1 aromatic heterocycles. The van der Waals surface area contributed by atoms with Gasteiger partial charge in [0.1, 0.15) is 5.00 Å². The van der Waals surface area contributed by atoms with Gasteiger partial charge < -0.3 is 10.1 Å². The average Bonchev–Trinajstić information content (AvgIpc) is 3.21. The summed E-state index contributed by atoms with van der Waals surface area (Å²) in [7, 11) is 2.13. The quantitative estimate of drug-likeness (QED) is 0.704. The van der Waals surface area contributed by atoms with Gasteiger partial charge in [0, 0.05) is 10.4 Å². The van der Waals surface area contributed by atoms with Gasteiger partial charge >= 0.3 is 5.97 Å². The first-order valence-corrected chi connectivity index (χ1v) is 12.1. The number of esters is 1. The van der Waals surface area contributed by atoms with Crippen LogP contribution in [0.1, 0.15) is 72.7 Å². The highest BCUT2D eigenvalue weighted by atomic mass is 32.1. The summed E-state index contributed by atoms with van der Waals surface area (Å²) >= 11 is 1.57. The number of hydrogen-bond acceptors (Lipinski definition) is 5. The zero-order valence-corrected chi connectivity index (χ0v) is 18.4. The van der Waals surface area contributed by atoms with Gasteiger partial charge in [-0.05, 0) is 95.1 Å². The van der Waals surface area contributed by atoms with Crippen molar-refractivity contribution in [3.63, 3.8) is 0 Å². The molecule has 4 saturated carbocycles. The molecule has 0 radical (unpaired) electrons. The zero-order valence-electron chi connectivity index (χ0n) is 17.6. The van der Waals surface area contributed by atoms with Gasteiger partial charge in [0.2, 0.25) is 5.91 Å². The third-order valence-corrected chi connectivity index (χ3v) is 9.06. The molecule has 5 nitrogen and oxygen atoms in total. The monoisotopic (exact) mass is 416 g/mol. The van der Waals surface area contributed by atoms with E-state index in [1.807, 2.05) is 6.92 Å². The second kappa shape index (κ2) is 7.38. The smallest absolute Gasteiger partial charge is 0.341 e. The second-order valence-corrected chi connectivity index (χ2v) is 10.9. The van der Waals surface area contributed by atoms with Crippen LogP contribution in [0.15, 0.2) is 0 Å². The fraction of sp³-hybridized carbons (Fsp3) is 0.739. The molecule has 0 spiro atoms. The van der Waals surface area contributed by atoms with Gasteiger partial charge in [-0.2, -0.15) is 0 Å². The first-order valence-electron chi connectivity index (χ1n) is 11.3. The van der Waals surface area contributed by atoms with Crippen LogP contribution < -0.4 is 5.32 Å². The third kappa shape index (κ3) is 3.42. The zero-order chi connectivity index (χ0) is 20.2. The highest BCUT2D eigenvalue weighted by Crippen LogP contribution is 2.57. The number of carbonyl (C=O) groups excluding carboxylic acids is 2. The first-order chi connectivity index (χ1) is 14.0. The molecule has 4 bridgehead atoms. The fourth-order valence-corrected chi connectivity index (χ4v) is 8.29. The van der Waals surface area contributed by atoms with Crippen LogP contribution >= 0.6 is 11.3 Å². The van der Waals surface area contributed by atoms with Crippen LogP contribution in [0.3, 0.4) is 0 Å². The van der Waals surface area contributed by atoms with E-state index in [1.165, 1.54) is 43.4 Å². The van der Waals surface area contributed by atoms with Crippen LogP contribution in [0, 0.1) is 17.8 Å². The Balaban J connectivity index is 1.30. The van der Waals surface area contributed by atoms with E-state index in [-0.39, 0.29) is 17.4 Å². The molecule has 0 aliphatic heterocycles. The summed E-state index contributed by atoms with van der Waals surface area (Å²) in [6, 6.07) is 0. The normalized spacial score (nSPS) is 31.9. The van der Waals surface area contributed by atoms with Gasteiger partial charge in [0.15, 0.2) is 0 Å². The van der Waals surface area contributed by atoms with Crippen LogP contribution in [-0.4, -0.2) is 42.5 Å². The van der Waals surface area contributed by atoms with Crippen LogP contribution in [0.5, 0.6) is 0 Å². The summed E-state index contributed by atoms with van der Waals surface area (Å²) in [6.07, 6.45) is 11.0. The summed E-state index contributed by atoms with van der Waals surface area (Å²) in [5.74, 6) is 2.29. The number of fused-ring (bicyclic) bond motifs is 1. The van der Waals surface area contributed by atoms with E-state index < -0.39 is 0 Å². The SMILES string of the molecule is CCOC(=O)c1c(NC(=O)CN(C)C23CC4CC(CC(C4)C2)C3)sc2c1CCC2. The molecule has 0 saturated heterocycles. The van der Waals surface area contributed by atoms with Crippen LogP contribution in [0.25, 0.3) is 0 Å². The Morgan fingerprint density at radius 1 is 1.14 bits per heavy atom. The maximum atomic E-state index is 13.0. The van der Waals surface area contributed by atoms with Gasteiger partial charge in [-0.3, -0.25) is 9.69 Å². The molecule has 0 aromatic carbocycles. The van der Waals surface area contributed by atoms with Crippen molar-refractivity contribution in [2.24, 2.45) is 17.8 Å². The van der Waals surface area contributed by atoms with Crippen molar-refractivity contribution >= 4 is 28.2 Å². The molecular weight excluding hydrogens is 384 g/mol. The molecule has 0 unspecified atom stereocenters. The number of aryl methyl sites for hydroxylation is 1. The van der Waals surface area contributed by atoms with Crippen molar-refractivity contribution in [1.82, 2.24) is 4.90 Å². The highest BCUT2D eigenvalue weighted by molar-refractivity contribution is 7.17. The lowest BCUT2D eigenvalue weighted by molar-refractivity contribution is -0.123. The molecule has 5 aliphatic carbocycles. The number of rotatable bonds is 6. The lowest BCUT2D eigenvalue weighted by Gasteiger charge is -2.59. The lowest BCUT2D eigenvalue weighted by atomic mass is 9.52. The predicted octanol–water partition coefficient (Wildman–Crippen LogP) is 4.25. The van der Waals surface area contributed by atoms with Gasteiger partial charge in [0.05, 0.1) is 18.7 Å². The molecule has 29 heavy (non-hydrogen) atoms. The Morgan fingerprint density at radius 3 is 2.41 bits per heavy atom. The molecule has 1 N–H and O–H groups in total. The number of thiophene rings is 1. The summed E-state index contributed by atoms with van der Waals surface area (Å²) in [4.78, 5) is 29.1. The molecule has 4 fully saturated rings. The molecule has 6 rings (SSSR count). The Bertz CT molecular complexity index is 795. The molecule has 1 aromatic rings. The number of nitrogens with zero attached hydrogens (tertiary/aromatic N) is 1. The number of anilines is 1. The van der Waals surface area contributed by atoms with Crippen molar-refractivity contribution in [2.45, 2.75) is 70.3 Å². The van der Waals surface area contributed by atoms with Crippen LogP contribution in [0.2, 0.25) is 0 Å². The van der Waals surface area contributed by atoms with Crippen molar-refractivity contribution in [1.29, 1.82) is 0 Å². The van der Waals surface area contributed by atoms with Crippen LogP contribution in [-0.2, 0) is 22.4 Å². The van der Waals surface area contributed by atoms with Crippen molar-refractivity contribution in [2.75, 3.05) is 25.5 Å². The van der Waals surface area contributed by atoms with E-state index in [1.54, 1.807) is 11.3 Å². The number of ether oxygens (including phenoxy) is 1. The summed E-state index contributed by atoms with van der Waals surface area (Å²) < 4.78 is 5.29. The number of likely N-dealkylation sites (N-methyl/N-ethyl adjacent to an activating group) is 1. The van der Waals surface area contributed by atoms with E-state index in [2.05, 4.69) is 17.3 Å². The molecule has 158 valence electrons. The lowest BCUT2D eigenvalue weighted by Crippen LogP contribution is -2.59. The molecule has 6 heteroatoms. The maximum Gasteiger partial charge on any atom is 0.341 e. The number of hydrogen-bond donors (Lipinski definition) is 1. The Hall–Kier alpha value is -1.40. The summed E-state index contributed by atoms with van der Waals surface area (Å²) in [5, 5.41) is 3.77. The topological polar surface area (TPSA) is 58.6 Å². The molecule has 5 aliphatic rings. The number of carbonyl (C=O) groups is 2. The maximum absolute atomic E-state index is 13.0. The van der Waals surface area contributed by atoms with Crippen molar-refractivity contribution < 1.29 is 14.3 Å². The third-order valence-electron chi connectivity index (χ3n) is 7.85. The highest BCUT2D eigenvalue weighted by Gasteiger charge is 2.52. The Kier molecular flexibility index (Phi) is 4.98. The molecule has 1 heterocycles. The van der Waals surface area contributed by atoms with E-state index in [9.17, 15) is 9.59 Å². The van der Waals surface area contributed by atoms with E-state index in [4.69, 9.17) is 4.74 Å². The summed E-state index contributed by atoms with van der Waals surface area (Å²) in [6.45, 7) is 2.58. The van der Waals surface area contributed by atoms with Crippen LogP contribution in [0.4, 0.5) is 5.00 Å². The summed E-state index contributed by atoms with van der Waals surface area (Å²) in [5.41, 5.74) is 1.92. The van der Waals surface area contributed by atoms with Gasteiger partial charge in [-0.25, -0.2) is 4.79 Å². The minimum Gasteiger partial charge on any atom is -0.462 e. The predicted molar refractivity (Wildman–Crippen MR) is 114 cm³/mol. The van der Waals surface area contributed by atoms with Crippen molar-refractivity contribution in [3.8, 4) is 0 Å². The standard InChI is InChI=1S/C23H32N2O3S/c1-3-28-22(27)20-17-5-4-6-18(17)29-21(20)24-19(26)13-25(2)23-10-14-7-15(11-23)9-16(8-14)12-23/h14-16H,3-13H2,1-2H3,(H,24,26). The van der Waals surface area contributed by atoms with E-state index in [0.29, 0.717) is 23.7 Å². The van der Waals surface area contributed by atoms with Gasteiger partial charge in [0.25, 0.3) is 0 Å². The average molecular weight is 417 g/mol. The number of nitrogens with one attached hydrogen (secondary N) is 1. The van der Waals surface area contributed by atoms with E-state index in [0.717, 1.165) is 42.6 Å². The number of amides is 1. The molecule has 1 amide bonds. The minimum atomic E-state index is -0.295. The molecule has 0 atom stereocenters. The van der Waals surface area contributed by atoms with Gasteiger partial charge in [-0.1, -0.05) is 0 Å². The fourth-order valence-electron chi connectivity index (χ4n) is 6.99.